The third-order valence-corrected chi connectivity index (χ3v) is 6.64. The molecule has 0 amide bonds. The van der Waals surface area contributed by atoms with Gasteiger partial charge in [0, 0.05) is 0 Å². The highest BCUT2D eigenvalue weighted by atomic mass is 79.9. The van der Waals surface area contributed by atoms with Gasteiger partial charge in [-0.05, 0) is 89.7 Å². The quantitative estimate of drug-likeness (QED) is 0.124. The Morgan fingerprint density at radius 3 is 2.44 bits per heavy atom. The maximum atomic E-state index is 13.5. The summed E-state index contributed by atoms with van der Waals surface area (Å²) in [6.45, 7) is 8.73. The first kappa shape index (κ1) is 26.1. The van der Waals surface area contributed by atoms with E-state index in [-0.39, 0.29) is 21.8 Å². The first-order chi connectivity index (χ1) is 17.1. The van der Waals surface area contributed by atoms with Crippen molar-refractivity contribution in [2.45, 2.75) is 38.9 Å². The Hall–Kier alpha value is -3.00. The Balaban J connectivity index is 1.32. The number of ether oxygens (including phenoxy) is 1. The first-order valence-corrected chi connectivity index (χ1v) is 12.0. The molecule has 0 spiro atoms. The Morgan fingerprint density at radius 2 is 1.81 bits per heavy atom. The van der Waals surface area contributed by atoms with E-state index in [1.54, 1.807) is 0 Å². The monoisotopic (exact) mass is 561 g/mol. The van der Waals surface area contributed by atoms with E-state index in [2.05, 4.69) is 36.6 Å². The van der Waals surface area contributed by atoms with Gasteiger partial charge in [0.2, 0.25) is 5.82 Å². The molecule has 0 bridgehead atoms. The fraction of sp³-hybridized carbons (Fsp3) is 0.348. The molecule has 1 aromatic heterocycles. The van der Waals surface area contributed by atoms with Crippen molar-refractivity contribution in [3.05, 3.63) is 58.4 Å². The lowest BCUT2D eigenvalue weighted by Crippen LogP contribution is -2.41. The van der Waals surface area contributed by atoms with E-state index in [9.17, 15) is 9.60 Å². The molecule has 1 saturated heterocycles. The maximum Gasteiger partial charge on any atom is 0.494 e. The van der Waals surface area contributed by atoms with Gasteiger partial charge < -0.3 is 19.4 Å². The molecule has 1 aliphatic rings. The number of aromatic nitrogens is 2. The van der Waals surface area contributed by atoms with Crippen LogP contribution in [0.1, 0.15) is 33.4 Å². The van der Waals surface area contributed by atoms with Gasteiger partial charge in [0.05, 0.1) is 27.9 Å². The fourth-order valence-corrected chi connectivity index (χ4v) is 3.68. The van der Waals surface area contributed by atoms with E-state index in [4.69, 9.17) is 18.7 Å². The van der Waals surface area contributed by atoms with Gasteiger partial charge >= 0.3 is 7.12 Å². The zero-order valence-electron chi connectivity index (χ0n) is 20.2. The van der Waals surface area contributed by atoms with Gasteiger partial charge in [0.1, 0.15) is 18.2 Å². The third-order valence-electron chi connectivity index (χ3n) is 6.03. The zero-order chi connectivity index (χ0) is 25.9. The first-order valence-electron chi connectivity index (χ1n) is 11.2. The molecule has 0 atom stereocenters. The van der Waals surface area contributed by atoms with Crippen molar-refractivity contribution in [1.29, 1.82) is 0 Å². The molecular formula is C23H26BBrFN5O5. The summed E-state index contributed by atoms with van der Waals surface area (Å²) in [6.07, 6.45) is 0. The van der Waals surface area contributed by atoms with Crippen LogP contribution < -0.4 is 21.0 Å². The SMILES string of the molecule is CC1(C)OB(c2ccc(OCCNc3nonc3C(=Nc3ccc(F)c(Br)c3)NO)cc2)OC1(C)C. The number of benzene rings is 2. The Bertz CT molecular complexity index is 1220. The second-order valence-electron chi connectivity index (χ2n) is 9.06. The number of anilines is 1. The minimum Gasteiger partial charge on any atom is -0.492 e. The summed E-state index contributed by atoms with van der Waals surface area (Å²) in [4.78, 5) is 4.22. The van der Waals surface area contributed by atoms with Gasteiger partial charge in [0.25, 0.3) is 0 Å². The summed E-state index contributed by atoms with van der Waals surface area (Å²) in [5.74, 6) is 0.463. The standard InChI is InChI=1S/C23H26BBrFN5O5/c1-22(2)23(3,4)35-24(34-22)14-5-8-16(9-6-14)33-12-11-27-20-19(30-36-31-20)21(29-32)28-15-7-10-18(26)17(25)13-15/h5-10,13,32H,11-12H2,1-4H3,(H,27,31)(H,28,29). The topological polar surface area (TPSA) is 123 Å². The third kappa shape index (κ3) is 5.70. The number of hydrogen-bond acceptors (Lipinski definition) is 9. The molecule has 3 aromatic rings. The van der Waals surface area contributed by atoms with Crippen molar-refractivity contribution >= 4 is 45.9 Å². The predicted molar refractivity (Wildman–Crippen MR) is 136 cm³/mol. The van der Waals surface area contributed by atoms with Gasteiger partial charge in [-0.15, -0.1) is 0 Å². The van der Waals surface area contributed by atoms with Crippen LogP contribution in [0.2, 0.25) is 0 Å². The highest BCUT2D eigenvalue weighted by Gasteiger charge is 2.51. The summed E-state index contributed by atoms with van der Waals surface area (Å²) < 4.78 is 36.4. The minimum atomic E-state index is -0.434. The molecule has 190 valence electrons. The van der Waals surface area contributed by atoms with Gasteiger partial charge in [-0.25, -0.2) is 14.0 Å². The molecule has 0 radical (unpaired) electrons. The highest BCUT2D eigenvalue weighted by molar-refractivity contribution is 9.10. The van der Waals surface area contributed by atoms with Crippen molar-refractivity contribution in [2.24, 2.45) is 4.99 Å². The van der Waals surface area contributed by atoms with Crippen LogP contribution in [0.4, 0.5) is 15.9 Å². The van der Waals surface area contributed by atoms with Crippen LogP contribution in [-0.4, -0.2) is 52.8 Å². The van der Waals surface area contributed by atoms with Crippen molar-refractivity contribution in [2.75, 3.05) is 18.5 Å². The summed E-state index contributed by atoms with van der Waals surface area (Å²) in [6, 6.07) is 11.7. The van der Waals surface area contributed by atoms with Crippen LogP contribution in [-0.2, 0) is 9.31 Å². The molecule has 1 fully saturated rings. The van der Waals surface area contributed by atoms with Crippen LogP contribution >= 0.6 is 15.9 Å². The van der Waals surface area contributed by atoms with Gasteiger partial charge in [-0.3, -0.25) is 10.7 Å². The number of hydroxylamine groups is 1. The summed E-state index contributed by atoms with van der Waals surface area (Å²) >= 11 is 3.10. The number of halogens is 2. The number of nitrogens with one attached hydrogen (secondary N) is 2. The van der Waals surface area contributed by atoms with E-state index in [1.807, 2.05) is 57.4 Å². The summed E-state index contributed by atoms with van der Waals surface area (Å²) in [5, 5.41) is 20.1. The summed E-state index contributed by atoms with van der Waals surface area (Å²) in [7, 11) is -0.434. The Labute approximate surface area is 216 Å². The highest BCUT2D eigenvalue weighted by Crippen LogP contribution is 2.36. The van der Waals surface area contributed by atoms with E-state index in [0.29, 0.717) is 24.6 Å². The molecule has 10 nitrogen and oxygen atoms in total. The van der Waals surface area contributed by atoms with Crippen LogP contribution in [0.25, 0.3) is 0 Å². The van der Waals surface area contributed by atoms with Crippen molar-refractivity contribution < 1.29 is 28.3 Å². The van der Waals surface area contributed by atoms with Crippen molar-refractivity contribution in [3.8, 4) is 5.75 Å². The second-order valence-corrected chi connectivity index (χ2v) is 9.92. The number of hydrogen-bond donors (Lipinski definition) is 3. The van der Waals surface area contributed by atoms with Gasteiger partial charge in [-0.2, -0.15) is 0 Å². The lowest BCUT2D eigenvalue weighted by atomic mass is 9.79. The number of aliphatic imine (C=N–C) groups is 1. The molecule has 2 aromatic carbocycles. The zero-order valence-corrected chi connectivity index (χ0v) is 21.8. The van der Waals surface area contributed by atoms with E-state index in [0.717, 1.165) is 5.46 Å². The van der Waals surface area contributed by atoms with Crippen LogP contribution in [0.5, 0.6) is 5.75 Å². The largest absolute Gasteiger partial charge is 0.494 e. The molecule has 0 saturated carbocycles. The molecule has 2 heterocycles. The number of amidine groups is 1. The molecule has 0 unspecified atom stereocenters. The molecule has 1 aliphatic heterocycles. The minimum absolute atomic E-state index is 0.0310. The van der Waals surface area contributed by atoms with Crippen LogP contribution in [0.3, 0.4) is 0 Å². The molecule has 13 heteroatoms. The summed E-state index contributed by atoms with van der Waals surface area (Å²) in [5.41, 5.74) is 2.59. The average Bonchev–Trinajstić information content (AvgIpc) is 3.38. The van der Waals surface area contributed by atoms with E-state index in [1.165, 1.54) is 18.2 Å². The van der Waals surface area contributed by atoms with Crippen molar-refractivity contribution in [3.63, 3.8) is 0 Å². The lowest BCUT2D eigenvalue weighted by Gasteiger charge is -2.32. The van der Waals surface area contributed by atoms with E-state index < -0.39 is 24.1 Å². The van der Waals surface area contributed by atoms with Crippen molar-refractivity contribution in [1.82, 2.24) is 15.8 Å². The van der Waals surface area contributed by atoms with Gasteiger partial charge in [-0.1, -0.05) is 12.1 Å². The molecule has 0 aliphatic carbocycles. The van der Waals surface area contributed by atoms with Crippen LogP contribution in [0, 0.1) is 5.82 Å². The average molecular weight is 562 g/mol. The Morgan fingerprint density at radius 1 is 1.11 bits per heavy atom. The predicted octanol–water partition coefficient (Wildman–Crippen LogP) is 3.82. The molecule has 36 heavy (non-hydrogen) atoms. The molecule has 4 rings (SSSR count). The maximum absolute atomic E-state index is 13.5. The van der Waals surface area contributed by atoms with Crippen LogP contribution in [0.15, 0.2) is 56.6 Å². The molecule has 3 N–H and O–H groups in total. The smallest absolute Gasteiger partial charge is 0.492 e. The van der Waals surface area contributed by atoms with E-state index >= 15 is 0 Å². The lowest BCUT2D eigenvalue weighted by molar-refractivity contribution is 0.00578. The number of rotatable bonds is 8. The fourth-order valence-electron chi connectivity index (χ4n) is 3.31. The number of nitrogens with zero attached hydrogens (tertiary/aromatic N) is 3. The second kappa shape index (κ2) is 10.5. The normalized spacial score (nSPS) is 16.8. The Kier molecular flexibility index (Phi) is 7.64. The van der Waals surface area contributed by atoms with Gasteiger partial charge in [0.15, 0.2) is 11.5 Å². The molecular weight excluding hydrogens is 536 g/mol.